The number of carbonyl (C=O) groups excluding carboxylic acids is 1. The van der Waals surface area contributed by atoms with Gasteiger partial charge in [0, 0.05) is 23.6 Å². The molecule has 0 atom stereocenters. The Labute approximate surface area is 143 Å². The van der Waals surface area contributed by atoms with Crippen molar-refractivity contribution in [1.82, 2.24) is 10.0 Å². The van der Waals surface area contributed by atoms with Crippen LogP contribution in [0.5, 0.6) is 5.75 Å². The molecule has 0 spiro atoms. The average Bonchev–Trinajstić information content (AvgIpc) is 2.42. The van der Waals surface area contributed by atoms with Gasteiger partial charge in [-0.05, 0) is 28.5 Å². The summed E-state index contributed by atoms with van der Waals surface area (Å²) in [5.41, 5.74) is 0.449. The van der Waals surface area contributed by atoms with Crippen LogP contribution in [0.1, 0.15) is 6.92 Å². The molecular weight excluding hydrogens is 398 g/mol. The molecule has 124 valence electrons. The predicted molar refractivity (Wildman–Crippen MR) is 89.2 cm³/mol. The van der Waals surface area contributed by atoms with E-state index in [0.29, 0.717) is 22.5 Å². The highest BCUT2D eigenvalue weighted by atomic mass is 79.9. The van der Waals surface area contributed by atoms with Crippen molar-refractivity contribution in [2.75, 3.05) is 31.6 Å². The van der Waals surface area contributed by atoms with Gasteiger partial charge in [0.05, 0.1) is 10.6 Å². The summed E-state index contributed by atoms with van der Waals surface area (Å²) < 4.78 is 32.6. The van der Waals surface area contributed by atoms with Crippen molar-refractivity contribution < 1.29 is 17.9 Å². The largest absolute Gasteiger partial charge is 0.482 e. The Morgan fingerprint density at radius 3 is 2.77 bits per heavy atom. The normalized spacial score (nSPS) is 13.6. The summed E-state index contributed by atoms with van der Waals surface area (Å²) >= 11 is 3.21. The zero-order valence-corrected chi connectivity index (χ0v) is 15.0. The summed E-state index contributed by atoms with van der Waals surface area (Å²) in [5.74, 6) is 0.0682. The van der Waals surface area contributed by atoms with Gasteiger partial charge in [0.15, 0.2) is 6.61 Å². The van der Waals surface area contributed by atoms with E-state index < -0.39 is 10.0 Å². The highest BCUT2D eigenvalue weighted by Gasteiger charge is 2.23. The number of carbonyl (C=O) groups is 1. The van der Waals surface area contributed by atoms with Crippen molar-refractivity contribution in [2.45, 2.75) is 11.8 Å². The molecule has 22 heavy (non-hydrogen) atoms. The second-order valence-corrected chi connectivity index (χ2v) is 6.96. The van der Waals surface area contributed by atoms with Gasteiger partial charge in [0.2, 0.25) is 10.0 Å². The van der Waals surface area contributed by atoms with Crippen molar-refractivity contribution in [1.29, 1.82) is 0 Å². The molecule has 0 aliphatic carbocycles. The summed E-state index contributed by atoms with van der Waals surface area (Å²) in [4.78, 5) is 11.3. The molecule has 2 rings (SSSR count). The van der Waals surface area contributed by atoms with Crippen LogP contribution in [-0.2, 0) is 14.8 Å². The van der Waals surface area contributed by atoms with Gasteiger partial charge in [0.1, 0.15) is 5.75 Å². The second kappa shape index (κ2) is 8.11. The van der Waals surface area contributed by atoms with Crippen LogP contribution in [0.2, 0.25) is 0 Å². The first-order valence-corrected chi connectivity index (χ1v) is 8.68. The van der Waals surface area contributed by atoms with Gasteiger partial charge in [-0.2, -0.15) is 0 Å². The van der Waals surface area contributed by atoms with Crippen LogP contribution in [-0.4, -0.2) is 40.6 Å². The van der Waals surface area contributed by atoms with Crippen molar-refractivity contribution >= 4 is 50.0 Å². The molecule has 0 fully saturated rings. The van der Waals surface area contributed by atoms with Gasteiger partial charge in [-0.25, -0.2) is 13.1 Å². The average molecular weight is 415 g/mol. The topological polar surface area (TPSA) is 96.5 Å². The molecule has 1 aliphatic heterocycles. The minimum Gasteiger partial charge on any atom is -0.482 e. The predicted octanol–water partition coefficient (Wildman–Crippen LogP) is 1.09. The number of sulfonamides is 1. The second-order valence-electron chi connectivity index (χ2n) is 4.37. The zero-order valence-electron chi connectivity index (χ0n) is 11.8. The minimum absolute atomic E-state index is 0. The summed E-state index contributed by atoms with van der Waals surface area (Å²) in [7, 11) is -3.65. The maximum atomic E-state index is 12.3. The van der Waals surface area contributed by atoms with E-state index >= 15 is 0 Å². The fourth-order valence-corrected chi connectivity index (χ4v) is 3.90. The Bertz CT molecular complexity index is 654. The van der Waals surface area contributed by atoms with E-state index in [0.717, 1.165) is 6.54 Å². The van der Waals surface area contributed by atoms with E-state index in [-0.39, 0.29) is 36.4 Å². The van der Waals surface area contributed by atoms with Gasteiger partial charge in [0.25, 0.3) is 5.91 Å². The van der Waals surface area contributed by atoms with Gasteiger partial charge in [-0.3, -0.25) is 4.79 Å². The molecule has 1 heterocycles. The first-order valence-electron chi connectivity index (χ1n) is 6.40. The van der Waals surface area contributed by atoms with Crippen molar-refractivity contribution in [3.63, 3.8) is 0 Å². The first-order chi connectivity index (χ1) is 9.94. The van der Waals surface area contributed by atoms with Crippen LogP contribution < -0.4 is 20.1 Å². The van der Waals surface area contributed by atoms with Crippen LogP contribution >= 0.6 is 28.3 Å². The van der Waals surface area contributed by atoms with E-state index in [9.17, 15) is 13.2 Å². The van der Waals surface area contributed by atoms with E-state index in [4.69, 9.17) is 4.74 Å². The number of benzene rings is 1. The van der Waals surface area contributed by atoms with Gasteiger partial charge in [-0.1, -0.05) is 6.92 Å². The van der Waals surface area contributed by atoms with Gasteiger partial charge in [-0.15, -0.1) is 12.4 Å². The number of likely N-dealkylation sites (N-methyl/N-ethyl adjacent to an activating group) is 1. The maximum absolute atomic E-state index is 12.3. The number of rotatable bonds is 6. The van der Waals surface area contributed by atoms with Gasteiger partial charge >= 0.3 is 0 Å². The van der Waals surface area contributed by atoms with Crippen molar-refractivity contribution in [2.24, 2.45) is 0 Å². The zero-order chi connectivity index (χ0) is 15.5. The third-order valence-corrected chi connectivity index (χ3v) is 5.22. The van der Waals surface area contributed by atoms with Crippen molar-refractivity contribution in [3.05, 3.63) is 16.6 Å². The number of hydrogen-bond acceptors (Lipinski definition) is 5. The number of ether oxygens (including phenoxy) is 1. The first kappa shape index (κ1) is 19.2. The van der Waals surface area contributed by atoms with Crippen LogP contribution in [0, 0.1) is 0 Å². The highest BCUT2D eigenvalue weighted by Crippen LogP contribution is 2.35. The Kier molecular flexibility index (Phi) is 7.07. The third-order valence-electron chi connectivity index (χ3n) is 2.80. The highest BCUT2D eigenvalue weighted by molar-refractivity contribution is 9.10. The van der Waals surface area contributed by atoms with E-state index in [1.807, 2.05) is 6.92 Å². The number of halogens is 2. The van der Waals surface area contributed by atoms with Crippen LogP contribution in [0.25, 0.3) is 0 Å². The lowest BCUT2D eigenvalue weighted by Gasteiger charge is -2.19. The molecule has 0 saturated heterocycles. The molecule has 0 saturated carbocycles. The summed E-state index contributed by atoms with van der Waals surface area (Å²) in [6.07, 6.45) is 0. The van der Waals surface area contributed by atoms with E-state index in [1.165, 1.54) is 12.1 Å². The van der Waals surface area contributed by atoms with Crippen molar-refractivity contribution in [3.8, 4) is 5.75 Å². The van der Waals surface area contributed by atoms with E-state index in [2.05, 4.69) is 31.3 Å². The minimum atomic E-state index is -3.65. The molecule has 10 heteroatoms. The molecule has 1 aliphatic rings. The smallest absolute Gasteiger partial charge is 0.262 e. The Balaban J connectivity index is 0.00000242. The Morgan fingerprint density at radius 2 is 2.09 bits per heavy atom. The fourth-order valence-electron chi connectivity index (χ4n) is 1.82. The molecule has 0 radical (unpaired) electrons. The summed E-state index contributed by atoms with van der Waals surface area (Å²) in [6.45, 7) is 3.43. The number of anilines is 1. The molecule has 0 aromatic heterocycles. The molecule has 1 aromatic carbocycles. The number of nitrogens with one attached hydrogen (secondary N) is 3. The quantitative estimate of drug-likeness (QED) is 0.606. The molecule has 0 unspecified atom stereocenters. The molecule has 0 bridgehead atoms. The Morgan fingerprint density at radius 1 is 1.36 bits per heavy atom. The molecule has 1 amide bonds. The summed E-state index contributed by atoms with van der Waals surface area (Å²) in [6, 6.07) is 2.92. The summed E-state index contributed by atoms with van der Waals surface area (Å²) in [5, 5.41) is 5.65. The number of amides is 1. The lowest BCUT2D eigenvalue weighted by atomic mass is 10.2. The molecule has 7 nitrogen and oxygen atoms in total. The number of hydrogen-bond donors (Lipinski definition) is 3. The molecule has 1 aromatic rings. The molecule has 3 N–H and O–H groups in total. The lowest BCUT2D eigenvalue weighted by molar-refractivity contribution is -0.118. The van der Waals surface area contributed by atoms with Crippen LogP contribution in [0.4, 0.5) is 5.69 Å². The van der Waals surface area contributed by atoms with Gasteiger partial charge < -0.3 is 15.4 Å². The fraction of sp³-hybridized carbons (Fsp3) is 0.417. The maximum Gasteiger partial charge on any atom is 0.262 e. The van der Waals surface area contributed by atoms with E-state index in [1.54, 1.807) is 0 Å². The standard InChI is InChI=1S/C12H16BrN3O4S.ClH/c1-2-14-3-4-15-21(18,19)11-6-10-9(5-8(11)13)16-12(17)7-20-10;/h5-6,14-15H,2-4,7H2,1H3,(H,16,17);1H. The SMILES string of the molecule is CCNCCNS(=O)(=O)c1cc2c(cc1Br)NC(=O)CO2.Cl. The number of fused-ring (bicyclic) bond motifs is 1. The monoisotopic (exact) mass is 413 g/mol. The lowest BCUT2D eigenvalue weighted by Crippen LogP contribution is -2.32. The Hall–Kier alpha value is -0.870. The third kappa shape index (κ3) is 4.56. The van der Waals surface area contributed by atoms with Crippen LogP contribution in [0.3, 0.4) is 0 Å². The van der Waals surface area contributed by atoms with Crippen LogP contribution in [0.15, 0.2) is 21.5 Å². The molecular formula is C12H17BrClN3O4S.